The topological polar surface area (TPSA) is 43.1 Å². The summed E-state index contributed by atoms with van der Waals surface area (Å²) in [6.45, 7) is 0. The molecule has 0 saturated heterocycles. The van der Waals surface area contributed by atoms with Crippen LogP contribution >= 0.6 is 15.9 Å². The normalized spacial score (nSPS) is 10.8. The smallest absolute Gasteiger partial charge is 0.155 e. The van der Waals surface area contributed by atoms with Gasteiger partial charge in [0, 0.05) is 18.0 Å². The van der Waals surface area contributed by atoms with E-state index in [9.17, 15) is 0 Å². The summed E-state index contributed by atoms with van der Waals surface area (Å²) in [4.78, 5) is 8.23. The number of nitrogens with zero attached hydrogens (tertiary/aromatic N) is 4. The fraction of sp³-hybridized carbons (Fsp3) is 0. The van der Waals surface area contributed by atoms with Crippen LogP contribution in [-0.2, 0) is 0 Å². The largest absolute Gasteiger partial charge is 0.265 e. The third-order valence-corrected chi connectivity index (χ3v) is 2.87. The molecule has 5 heteroatoms. The van der Waals surface area contributed by atoms with E-state index in [0.717, 1.165) is 21.4 Å². The molecule has 3 rings (SSSR count). The Balaban J connectivity index is 2.19. The zero-order valence-electron chi connectivity index (χ0n) is 8.21. The van der Waals surface area contributed by atoms with Gasteiger partial charge in [-0.1, -0.05) is 0 Å². The molecular weight excluding hydrogens is 268 g/mol. The molecular formula is C11H7BrN4. The molecule has 0 saturated carbocycles. The number of hydrogen-bond donors (Lipinski definition) is 0. The van der Waals surface area contributed by atoms with Gasteiger partial charge in [-0.25, -0.2) is 9.50 Å². The van der Waals surface area contributed by atoms with Crippen molar-refractivity contribution < 1.29 is 0 Å². The van der Waals surface area contributed by atoms with Crippen molar-refractivity contribution in [2.24, 2.45) is 0 Å². The average Bonchev–Trinajstić information content (AvgIpc) is 2.72. The van der Waals surface area contributed by atoms with E-state index in [1.807, 2.05) is 24.4 Å². The second kappa shape index (κ2) is 3.68. The highest BCUT2D eigenvalue weighted by Crippen LogP contribution is 2.20. The first-order chi connectivity index (χ1) is 7.84. The first-order valence-corrected chi connectivity index (χ1v) is 5.53. The van der Waals surface area contributed by atoms with Gasteiger partial charge < -0.3 is 0 Å². The lowest BCUT2D eigenvalue weighted by Crippen LogP contribution is -1.92. The molecule has 78 valence electrons. The van der Waals surface area contributed by atoms with Gasteiger partial charge in [0.1, 0.15) is 4.60 Å². The molecule has 0 aliphatic heterocycles. The van der Waals surface area contributed by atoms with Crippen LogP contribution in [-0.4, -0.2) is 19.6 Å². The van der Waals surface area contributed by atoms with Gasteiger partial charge in [-0.3, -0.25) is 4.98 Å². The van der Waals surface area contributed by atoms with E-state index in [1.54, 1.807) is 23.1 Å². The summed E-state index contributed by atoms with van der Waals surface area (Å²) >= 11 is 3.38. The number of imidazole rings is 1. The van der Waals surface area contributed by atoms with Crippen molar-refractivity contribution >= 4 is 21.6 Å². The first kappa shape index (κ1) is 9.47. The highest BCUT2D eigenvalue weighted by atomic mass is 79.9. The molecule has 0 bridgehead atoms. The Kier molecular flexibility index (Phi) is 2.18. The summed E-state index contributed by atoms with van der Waals surface area (Å²) in [5, 5.41) is 4.30. The van der Waals surface area contributed by atoms with Crippen LogP contribution in [0.2, 0.25) is 0 Å². The number of hydrogen-bond acceptors (Lipinski definition) is 3. The first-order valence-electron chi connectivity index (χ1n) is 4.74. The SMILES string of the molecule is Brc1cnc2cc(-c3ccncc3)cnn12. The van der Waals surface area contributed by atoms with Crippen LogP contribution in [0, 0.1) is 0 Å². The standard InChI is InChI=1S/C11H7BrN4/c12-10-7-14-11-5-9(6-15-16(10)11)8-1-3-13-4-2-8/h1-7H. The Labute approximate surface area is 100 Å². The van der Waals surface area contributed by atoms with Crippen LogP contribution in [0.15, 0.2) is 47.6 Å². The quantitative estimate of drug-likeness (QED) is 0.685. The maximum Gasteiger partial charge on any atom is 0.155 e. The molecule has 0 amide bonds. The number of aromatic nitrogens is 4. The highest BCUT2D eigenvalue weighted by Gasteiger charge is 2.03. The van der Waals surface area contributed by atoms with E-state index in [1.165, 1.54) is 0 Å². The summed E-state index contributed by atoms with van der Waals surface area (Å²) in [7, 11) is 0. The molecule has 0 unspecified atom stereocenters. The second-order valence-corrected chi connectivity index (χ2v) is 4.14. The van der Waals surface area contributed by atoms with Gasteiger partial charge in [-0.15, -0.1) is 0 Å². The van der Waals surface area contributed by atoms with Crippen LogP contribution in [0.5, 0.6) is 0 Å². The third-order valence-electron chi connectivity index (χ3n) is 2.33. The Bertz CT molecular complexity index is 633. The molecule has 3 aromatic heterocycles. The molecule has 0 spiro atoms. The van der Waals surface area contributed by atoms with Crippen molar-refractivity contribution in [2.75, 3.05) is 0 Å². The Hall–Kier alpha value is -1.75. The maximum atomic E-state index is 4.30. The lowest BCUT2D eigenvalue weighted by atomic mass is 10.1. The number of fused-ring (bicyclic) bond motifs is 1. The van der Waals surface area contributed by atoms with E-state index < -0.39 is 0 Å². The molecule has 0 fully saturated rings. The molecule has 0 N–H and O–H groups in total. The molecule has 0 radical (unpaired) electrons. The average molecular weight is 275 g/mol. The van der Waals surface area contributed by atoms with Crippen molar-refractivity contribution in [2.45, 2.75) is 0 Å². The molecule has 0 atom stereocenters. The number of halogens is 1. The summed E-state index contributed by atoms with van der Waals surface area (Å²) < 4.78 is 2.59. The van der Waals surface area contributed by atoms with Gasteiger partial charge in [0.05, 0.1) is 12.4 Å². The minimum absolute atomic E-state index is 0.821. The number of rotatable bonds is 1. The predicted octanol–water partition coefficient (Wildman–Crippen LogP) is 2.55. The zero-order valence-corrected chi connectivity index (χ0v) is 9.79. The van der Waals surface area contributed by atoms with Gasteiger partial charge in [0.15, 0.2) is 5.65 Å². The highest BCUT2D eigenvalue weighted by molar-refractivity contribution is 9.10. The van der Waals surface area contributed by atoms with E-state index >= 15 is 0 Å². The van der Waals surface area contributed by atoms with Crippen molar-refractivity contribution in [3.05, 3.63) is 47.6 Å². The van der Waals surface area contributed by atoms with Gasteiger partial charge in [0.2, 0.25) is 0 Å². The molecule has 4 nitrogen and oxygen atoms in total. The Morgan fingerprint density at radius 2 is 1.88 bits per heavy atom. The summed E-state index contributed by atoms with van der Waals surface area (Å²) in [5.41, 5.74) is 2.94. The van der Waals surface area contributed by atoms with Crippen molar-refractivity contribution in [1.82, 2.24) is 19.6 Å². The molecule has 0 aromatic carbocycles. The minimum atomic E-state index is 0.821. The molecule has 0 aliphatic rings. The van der Waals surface area contributed by atoms with E-state index in [2.05, 4.69) is 31.0 Å². The lowest BCUT2D eigenvalue weighted by molar-refractivity contribution is 0.917. The predicted molar refractivity (Wildman–Crippen MR) is 63.9 cm³/mol. The Morgan fingerprint density at radius 1 is 1.06 bits per heavy atom. The van der Waals surface area contributed by atoms with Gasteiger partial charge in [-0.05, 0) is 39.7 Å². The zero-order chi connectivity index (χ0) is 11.0. The van der Waals surface area contributed by atoms with Crippen LogP contribution in [0.3, 0.4) is 0 Å². The summed E-state index contributed by atoms with van der Waals surface area (Å²) in [5.74, 6) is 0. The van der Waals surface area contributed by atoms with E-state index in [-0.39, 0.29) is 0 Å². The van der Waals surface area contributed by atoms with Crippen LogP contribution in [0.4, 0.5) is 0 Å². The van der Waals surface area contributed by atoms with Gasteiger partial charge in [0.25, 0.3) is 0 Å². The lowest BCUT2D eigenvalue weighted by Gasteiger charge is -2.00. The van der Waals surface area contributed by atoms with Gasteiger partial charge >= 0.3 is 0 Å². The molecule has 3 aromatic rings. The minimum Gasteiger partial charge on any atom is -0.265 e. The maximum absolute atomic E-state index is 4.30. The summed E-state index contributed by atoms with van der Waals surface area (Å²) in [6, 6.07) is 5.89. The Morgan fingerprint density at radius 3 is 2.69 bits per heavy atom. The van der Waals surface area contributed by atoms with Gasteiger partial charge in [-0.2, -0.15) is 5.10 Å². The third kappa shape index (κ3) is 1.49. The molecule has 3 heterocycles. The molecule has 16 heavy (non-hydrogen) atoms. The fourth-order valence-electron chi connectivity index (χ4n) is 1.55. The van der Waals surface area contributed by atoms with Crippen molar-refractivity contribution in [3.63, 3.8) is 0 Å². The summed E-state index contributed by atoms with van der Waals surface area (Å²) in [6.07, 6.45) is 7.08. The fourth-order valence-corrected chi connectivity index (χ4v) is 1.93. The van der Waals surface area contributed by atoms with E-state index in [0.29, 0.717) is 0 Å². The van der Waals surface area contributed by atoms with Crippen molar-refractivity contribution in [1.29, 1.82) is 0 Å². The van der Waals surface area contributed by atoms with Crippen molar-refractivity contribution in [3.8, 4) is 11.1 Å². The number of pyridine rings is 1. The van der Waals surface area contributed by atoms with E-state index in [4.69, 9.17) is 0 Å². The molecule has 0 aliphatic carbocycles. The monoisotopic (exact) mass is 274 g/mol. The second-order valence-electron chi connectivity index (χ2n) is 3.33. The van der Waals surface area contributed by atoms with Crippen LogP contribution < -0.4 is 0 Å². The van der Waals surface area contributed by atoms with Crippen LogP contribution in [0.1, 0.15) is 0 Å². The van der Waals surface area contributed by atoms with Crippen LogP contribution in [0.25, 0.3) is 16.8 Å².